The van der Waals surface area contributed by atoms with Gasteiger partial charge in [-0.3, -0.25) is 14.4 Å². The molecule has 2 aromatic carbocycles. The highest BCUT2D eigenvalue weighted by atomic mass is 16.5. The number of carbonyl (C=O) groups excluding carboxylic acids is 3. The zero-order valence-electron chi connectivity index (χ0n) is 28.1. The zero-order chi connectivity index (χ0) is 33.3. The van der Waals surface area contributed by atoms with Gasteiger partial charge in [0, 0.05) is 38.7 Å². The van der Waals surface area contributed by atoms with Crippen LogP contribution < -0.4 is 20.1 Å². The minimum absolute atomic E-state index is 0.0150. The van der Waals surface area contributed by atoms with Crippen molar-refractivity contribution in [1.29, 1.82) is 0 Å². The number of hydrogen-bond donors (Lipinski definition) is 3. The van der Waals surface area contributed by atoms with Gasteiger partial charge >= 0.3 is 0 Å². The van der Waals surface area contributed by atoms with Crippen LogP contribution in [0, 0.1) is 0 Å². The number of amides is 3. The molecule has 0 unspecified atom stereocenters. The van der Waals surface area contributed by atoms with Crippen molar-refractivity contribution in [1.82, 2.24) is 20.4 Å². The fourth-order valence-electron chi connectivity index (χ4n) is 7.28. The summed E-state index contributed by atoms with van der Waals surface area (Å²) in [5, 5.41) is 16.8. The molecule has 2 aromatic rings. The highest BCUT2D eigenvalue weighted by Gasteiger charge is 2.54. The van der Waals surface area contributed by atoms with E-state index in [1.807, 2.05) is 29.2 Å². The van der Waals surface area contributed by atoms with Crippen molar-refractivity contribution < 1.29 is 29.0 Å². The van der Waals surface area contributed by atoms with E-state index in [4.69, 9.17) is 9.47 Å². The van der Waals surface area contributed by atoms with Crippen molar-refractivity contribution in [3.05, 3.63) is 54.1 Å². The number of hydrogen-bond acceptors (Lipinski definition) is 7. The number of carbonyl (C=O) groups is 3. The maximum atomic E-state index is 13.8. The monoisotopic (exact) mass is 648 g/mol. The summed E-state index contributed by atoms with van der Waals surface area (Å²) in [5.41, 5.74) is -1.07. The van der Waals surface area contributed by atoms with E-state index >= 15 is 0 Å². The third-order valence-electron chi connectivity index (χ3n) is 10.1. The topological polar surface area (TPSA) is 120 Å². The predicted molar refractivity (Wildman–Crippen MR) is 181 cm³/mol. The molecule has 3 amide bonds. The molecule has 1 aliphatic carbocycles. The lowest BCUT2D eigenvalue weighted by atomic mass is 9.77. The van der Waals surface area contributed by atoms with Crippen molar-refractivity contribution >= 4 is 17.7 Å². The van der Waals surface area contributed by atoms with E-state index in [-0.39, 0.29) is 17.7 Å². The molecule has 3 aliphatic rings. The number of ether oxygens (including phenoxy) is 2. The van der Waals surface area contributed by atoms with Gasteiger partial charge in [-0.1, -0.05) is 32.6 Å². The summed E-state index contributed by atoms with van der Waals surface area (Å²) in [4.78, 5) is 43.5. The average molecular weight is 649 g/mol. The zero-order valence-corrected chi connectivity index (χ0v) is 28.1. The van der Waals surface area contributed by atoms with Gasteiger partial charge in [0.1, 0.15) is 28.8 Å². The molecule has 3 fully saturated rings. The van der Waals surface area contributed by atoms with Gasteiger partial charge in [0.25, 0.3) is 5.91 Å². The summed E-state index contributed by atoms with van der Waals surface area (Å²) in [5.74, 6) is 1.92. The molecule has 5 rings (SSSR count). The Bertz CT molecular complexity index is 1330. The van der Waals surface area contributed by atoms with E-state index in [1.54, 1.807) is 31.3 Å². The van der Waals surface area contributed by atoms with Gasteiger partial charge < -0.3 is 35.0 Å². The minimum Gasteiger partial charge on any atom is -0.494 e. The molecule has 0 aromatic heterocycles. The van der Waals surface area contributed by atoms with Crippen LogP contribution in [-0.4, -0.2) is 89.6 Å². The molecule has 3 N–H and O–H groups in total. The first-order valence-corrected chi connectivity index (χ1v) is 17.6. The molecule has 256 valence electrons. The quantitative estimate of drug-likeness (QED) is 0.246. The van der Waals surface area contributed by atoms with Gasteiger partial charge in [-0.15, -0.1) is 0 Å². The third kappa shape index (κ3) is 8.65. The van der Waals surface area contributed by atoms with E-state index < -0.39 is 17.2 Å². The lowest BCUT2D eigenvalue weighted by Gasteiger charge is -2.52. The molecule has 0 bridgehead atoms. The molecule has 2 saturated heterocycles. The molecular formula is C37H52N4O6. The van der Waals surface area contributed by atoms with Crippen LogP contribution in [0.15, 0.2) is 48.5 Å². The summed E-state index contributed by atoms with van der Waals surface area (Å²) in [6, 6.07) is 13.9. The fourth-order valence-corrected chi connectivity index (χ4v) is 7.28. The summed E-state index contributed by atoms with van der Waals surface area (Å²) in [6.45, 7) is 5.77. The van der Waals surface area contributed by atoms with E-state index in [1.165, 1.54) is 0 Å². The van der Waals surface area contributed by atoms with Crippen LogP contribution in [0.5, 0.6) is 17.2 Å². The molecule has 47 heavy (non-hydrogen) atoms. The average Bonchev–Trinajstić information content (AvgIpc) is 3.09. The van der Waals surface area contributed by atoms with Crippen LogP contribution in [0.3, 0.4) is 0 Å². The second kappa shape index (κ2) is 16.0. The highest BCUT2D eigenvalue weighted by Crippen LogP contribution is 2.37. The van der Waals surface area contributed by atoms with Gasteiger partial charge in [-0.25, -0.2) is 0 Å². The van der Waals surface area contributed by atoms with Crippen LogP contribution in [0.4, 0.5) is 0 Å². The summed E-state index contributed by atoms with van der Waals surface area (Å²) < 4.78 is 11.8. The van der Waals surface area contributed by atoms with E-state index in [9.17, 15) is 19.5 Å². The van der Waals surface area contributed by atoms with Crippen molar-refractivity contribution in [2.24, 2.45) is 0 Å². The number of rotatable bonds is 14. The Morgan fingerprint density at radius 2 is 1.53 bits per heavy atom. The van der Waals surface area contributed by atoms with Gasteiger partial charge in [0.05, 0.1) is 12.2 Å². The molecule has 2 aliphatic heterocycles. The van der Waals surface area contributed by atoms with Crippen LogP contribution in [0.2, 0.25) is 0 Å². The molecular weight excluding hydrogens is 596 g/mol. The van der Waals surface area contributed by atoms with Gasteiger partial charge in [0.2, 0.25) is 11.8 Å². The Balaban J connectivity index is 1.04. The fraction of sp³-hybridized carbons (Fsp3) is 0.595. The van der Waals surface area contributed by atoms with E-state index in [0.29, 0.717) is 62.3 Å². The first-order valence-electron chi connectivity index (χ1n) is 17.6. The smallest absolute Gasteiger partial charge is 0.251 e. The third-order valence-corrected chi connectivity index (χ3v) is 10.1. The number of piperidine rings is 1. The largest absolute Gasteiger partial charge is 0.494 e. The molecule has 1 saturated carbocycles. The summed E-state index contributed by atoms with van der Waals surface area (Å²) in [6.07, 6.45) is 9.75. The Hall–Kier alpha value is -3.63. The highest BCUT2D eigenvalue weighted by molar-refractivity contribution is 6.00. The van der Waals surface area contributed by atoms with Gasteiger partial charge in [0.15, 0.2) is 0 Å². The Kier molecular flexibility index (Phi) is 11.8. The number of unbranched alkanes of at least 4 members (excludes halogenated alkanes) is 2. The number of nitrogens with zero attached hydrogens (tertiary/aromatic N) is 2. The number of aliphatic hydroxyl groups is 1. The van der Waals surface area contributed by atoms with Crippen molar-refractivity contribution in [3.63, 3.8) is 0 Å². The number of nitrogens with one attached hydrogen (secondary N) is 2. The standard InChI is InChI=1S/C37H52N4O6/c1-3-4-23-41-34(43)32(27-36(45)18-6-5-7-19-36)39-35(44)37(41)20-24-40(25-21-37)22-8-9-26-46-29-14-16-31(17-15-29)47-30-12-10-28(11-13-30)33(42)38-2/h10-17,32,45H,3-9,18-27H2,1-2H3,(H,38,42)(H,39,44)/t32-/m1/s1. The summed E-state index contributed by atoms with van der Waals surface area (Å²) in [7, 11) is 1.60. The number of benzene rings is 2. The molecule has 1 atom stereocenters. The second-order valence-electron chi connectivity index (χ2n) is 13.5. The second-order valence-corrected chi connectivity index (χ2v) is 13.5. The maximum absolute atomic E-state index is 13.8. The van der Waals surface area contributed by atoms with E-state index in [2.05, 4.69) is 22.5 Å². The van der Waals surface area contributed by atoms with Crippen molar-refractivity contribution in [2.75, 3.05) is 39.8 Å². The maximum Gasteiger partial charge on any atom is 0.251 e. The van der Waals surface area contributed by atoms with Crippen LogP contribution in [-0.2, 0) is 9.59 Å². The normalized spacial score (nSPS) is 20.9. The van der Waals surface area contributed by atoms with E-state index in [0.717, 1.165) is 70.3 Å². The van der Waals surface area contributed by atoms with Gasteiger partial charge in [-0.2, -0.15) is 0 Å². The molecule has 2 heterocycles. The first kappa shape index (κ1) is 34.7. The van der Waals surface area contributed by atoms with Crippen LogP contribution in [0.25, 0.3) is 0 Å². The van der Waals surface area contributed by atoms with Gasteiger partial charge in [-0.05, 0) is 100 Å². The Morgan fingerprint density at radius 1 is 0.894 bits per heavy atom. The number of likely N-dealkylation sites (tertiary alicyclic amines) is 1. The first-order chi connectivity index (χ1) is 22.7. The Labute approximate surface area is 279 Å². The molecule has 10 nitrogen and oxygen atoms in total. The molecule has 1 spiro atoms. The number of piperazine rings is 1. The van der Waals surface area contributed by atoms with Crippen LogP contribution in [0.1, 0.15) is 94.3 Å². The van der Waals surface area contributed by atoms with Crippen molar-refractivity contribution in [3.8, 4) is 17.2 Å². The molecule has 10 heteroatoms. The lowest BCUT2D eigenvalue weighted by Crippen LogP contribution is -2.73. The van der Waals surface area contributed by atoms with Crippen molar-refractivity contribution in [2.45, 2.75) is 101 Å². The summed E-state index contributed by atoms with van der Waals surface area (Å²) >= 11 is 0. The Morgan fingerprint density at radius 3 is 2.17 bits per heavy atom. The van der Waals surface area contributed by atoms with Crippen LogP contribution >= 0.6 is 0 Å². The predicted octanol–water partition coefficient (Wildman–Crippen LogP) is 5.04. The minimum atomic E-state index is -0.860. The molecule has 0 radical (unpaired) electrons. The SMILES string of the molecule is CCCCN1C(=O)[C@@H](CC2(O)CCCCC2)NC(=O)C12CCN(CCCCOc1ccc(Oc3ccc(C(=O)NC)cc3)cc1)CC2. The lowest BCUT2D eigenvalue weighted by molar-refractivity contribution is -0.163.